The lowest BCUT2D eigenvalue weighted by molar-refractivity contribution is -0.163. The molecule has 0 aliphatic rings. The van der Waals surface area contributed by atoms with Crippen molar-refractivity contribution in [2.45, 2.75) is 11.8 Å². The van der Waals surface area contributed by atoms with Crippen LogP contribution in [-0.4, -0.2) is 39.9 Å². The molecule has 0 radical (unpaired) electrons. The van der Waals surface area contributed by atoms with Crippen molar-refractivity contribution in [3.05, 3.63) is 34.3 Å². The van der Waals surface area contributed by atoms with E-state index in [1.165, 1.54) is 21.3 Å². The van der Waals surface area contributed by atoms with E-state index in [9.17, 15) is 9.59 Å². The molecule has 0 heterocycles. The lowest BCUT2D eigenvalue weighted by atomic mass is 9.77. The molecule has 0 unspecified atom stereocenters. The van der Waals surface area contributed by atoms with E-state index in [0.29, 0.717) is 5.56 Å². The van der Waals surface area contributed by atoms with E-state index in [1.54, 1.807) is 24.3 Å². The van der Waals surface area contributed by atoms with E-state index in [-0.39, 0.29) is 13.0 Å². The van der Waals surface area contributed by atoms with Gasteiger partial charge in [-0.3, -0.25) is 9.59 Å². The van der Waals surface area contributed by atoms with Crippen LogP contribution in [0.1, 0.15) is 12.0 Å². The molecule has 0 fully saturated rings. The van der Waals surface area contributed by atoms with E-state index in [4.69, 9.17) is 14.2 Å². The van der Waals surface area contributed by atoms with Gasteiger partial charge in [0.15, 0.2) is 5.41 Å². The molecule has 0 spiro atoms. The Balaban J connectivity index is 3.42. The molecule has 110 valence electrons. The van der Waals surface area contributed by atoms with Gasteiger partial charge in [-0.05, 0) is 17.7 Å². The zero-order valence-corrected chi connectivity index (χ0v) is 13.2. The van der Waals surface area contributed by atoms with Gasteiger partial charge >= 0.3 is 11.9 Å². The summed E-state index contributed by atoms with van der Waals surface area (Å²) < 4.78 is 15.4. The van der Waals surface area contributed by atoms with E-state index in [2.05, 4.69) is 15.9 Å². The van der Waals surface area contributed by atoms with Gasteiger partial charge in [-0.2, -0.15) is 0 Å². The first-order valence-electron chi connectivity index (χ1n) is 5.94. The van der Waals surface area contributed by atoms with Crippen LogP contribution in [0.15, 0.2) is 28.7 Å². The third-order valence-electron chi connectivity index (χ3n) is 3.07. The van der Waals surface area contributed by atoms with E-state index < -0.39 is 17.4 Å². The highest BCUT2D eigenvalue weighted by molar-refractivity contribution is 9.10. The van der Waals surface area contributed by atoms with Crippen LogP contribution in [0, 0.1) is 0 Å². The van der Waals surface area contributed by atoms with Crippen LogP contribution < -0.4 is 0 Å². The minimum Gasteiger partial charge on any atom is -0.468 e. The van der Waals surface area contributed by atoms with Gasteiger partial charge in [0, 0.05) is 24.6 Å². The van der Waals surface area contributed by atoms with Crippen molar-refractivity contribution in [1.29, 1.82) is 0 Å². The maximum atomic E-state index is 12.3. The minimum absolute atomic E-state index is 0.138. The summed E-state index contributed by atoms with van der Waals surface area (Å²) in [4.78, 5) is 24.5. The molecule has 0 bridgehead atoms. The second-order valence-electron chi connectivity index (χ2n) is 4.14. The molecule has 1 aromatic rings. The fourth-order valence-electron chi connectivity index (χ4n) is 2.03. The first kappa shape index (κ1) is 16.7. The second kappa shape index (κ2) is 7.40. The maximum absolute atomic E-state index is 12.3. The summed E-state index contributed by atoms with van der Waals surface area (Å²) in [6, 6.07) is 6.93. The van der Waals surface area contributed by atoms with Gasteiger partial charge in [0.05, 0.1) is 14.2 Å². The van der Waals surface area contributed by atoms with Gasteiger partial charge < -0.3 is 14.2 Å². The predicted octanol–water partition coefficient (Wildman–Crippen LogP) is 2.07. The quantitative estimate of drug-likeness (QED) is 0.584. The van der Waals surface area contributed by atoms with Crippen LogP contribution in [0.25, 0.3) is 0 Å². The molecule has 6 heteroatoms. The molecule has 0 atom stereocenters. The monoisotopic (exact) mass is 344 g/mol. The molecule has 1 rings (SSSR count). The summed E-state index contributed by atoms with van der Waals surface area (Å²) in [5, 5.41) is 0. The molecule has 0 saturated carbocycles. The molecule has 0 amide bonds. The minimum atomic E-state index is -1.52. The molecule has 5 nitrogen and oxygen atoms in total. The normalized spacial score (nSPS) is 11.0. The number of halogens is 1. The van der Waals surface area contributed by atoms with Crippen molar-refractivity contribution in [3.63, 3.8) is 0 Å². The van der Waals surface area contributed by atoms with Gasteiger partial charge in [-0.15, -0.1) is 0 Å². The Morgan fingerprint density at radius 3 is 2.20 bits per heavy atom. The lowest BCUT2D eigenvalue weighted by Gasteiger charge is -2.28. The molecule has 1 aromatic carbocycles. The topological polar surface area (TPSA) is 61.8 Å². The van der Waals surface area contributed by atoms with Crippen LogP contribution in [-0.2, 0) is 29.2 Å². The average molecular weight is 345 g/mol. The number of methoxy groups -OCH3 is 3. The van der Waals surface area contributed by atoms with Crippen molar-refractivity contribution in [1.82, 2.24) is 0 Å². The Bertz CT molecular complexity index is 470. The van der Waals surface area contributed by atoms with Crippen molar-refractivity contribution < 1.29 is 23.8 Å². The zero-order chi connectivity index (χ0) is 15.2. The van der Waals surface area contributed by atoms with Crippen LogP contribution in [0.2, 0.25) is 0 Å². The standard InChI is InChI=1S/C14H17BrO5/c1-18-8-7-14(12(16)19-2,13(17)20-3)10-5-4-6-11(15)9-10/h4-6,9H,7-8H2,1-3H3. The summed E-state index contributed by atoms with van der Waals surface area (Å²) in [6.45, 7) is 0.219. The molecule has 0 aliphatic heterocycles. The van der Waals surface area contributed by atoms with Crippen LogP contribution >= 0.6 is 15.9 Å². The molecule has 0 N–H and O–H groups in total. The molecular weight excluding hydrogens is 328 g/mol. The van der Waals surface area contributed by atoms with E-state index in [1.807, 2.05) is 0 Å². The van der Waals surface area contributed by atoms with Gasteiger partial charge in [0.2, 0.25) is 0 Å². The second-order valence-corrected chi connectivity index (χ2v) is 5.06. The summed E-state index contributed by atoms with van der Waals surface area (Å²) >= 11 is 3.33. The largest absolute Gasteiger partial charge is 0.468 e. The van der Waals surface area contributed by atoms with E-state index >= 15 is 0 Å². The smallest absolute Gasteiger partial charge is 0.327 e. The Hall–Kier alpha value is -1.40. The number of carbonyl (C=O) groups is 2. The molecule has 0 saturated heterocycles. The van der Waals surface area contributed by atoms with Gasteiger partial charge in [0.25, 0.3) is 0 Å². The fourth-order valence-corrected chi connectivity index (χ4v) is 2.42. The molecule has 20 heavy (non-hydrogen) atoms. The highest BCUT2D eigenvalue weighted by Gasteiger charge is 2.49. The lowest BCUT2D eigenvalue weighted by Crippen LogP contribution is -2.46. The third-order valence-corrected chi connectivity index (χ3v) is 3.56. The summed E-state index contributed by atoms with van der Waals surface area (Å²) in [6.07, 6.45) is 0.138. The number of benzene rings is 1. The Labute approximate surface area is 126 Å². The average Bonchev–Trinajstić information content (AvgIpc) is 2.47. The third kappa shape index (κ3) is 3.19. The Morgan fingerprint density at radius 2 is 1.75 bits per heavy atom. The first-order chi connectivity index (χ1) is 9.52. The van der Waals surface area contributed by atoms with Crippen molar-refractivity contribution in [2.24, 2.45) is 0 Å². The number of rotatable bonds is 6. The number of esters is 2. The highest BCUT2D eigenvalue weighted by atomic mass is 79.9. The summed E-state index contributed by atoms with van der Waals surface area (Å²) in [5.41, 5.74) is -1.02. The van der Waals surface area contributed by atoms with Gasteiger partial charge in [0.1, 0.15) is 0 Å². The van der Waals surface area contributed by atoms with Crippen LogP contribution in [0.5, 0.6) is 0 Å². The van der Waals surface area contributed by atoms with E-state index in [0.717, 1.165) is 4.47 Å². The number of carbonyl (C=O) groups excluding carboxylic acids is 2. The van der Waals surface area contributed by atoms with Gasteiger partial charge in [-0.25, -0.2) is 0 Å². The molecular formula is C14H17BrO5. The number of hydrogen-bond acceptors (Lipinski definition) is 5. The van der Waals surface area contributed by atoms with Crippen molar-refractivity contribution in [2.75, 3.05) is 27.9 Å². The highest BCUT2D eigenvalue weighted by Crippen LogP contribution is 2.33. The first-order valence-corrected chi connectivity index (χ1v) is 6.74. The van der Waals surface area contributed by atoms with Crippen LogP contribution in [0.4, 0.5) is 0 Å². The maximum Gasteiger partial charge on any atom is 0.327 e. The van der Waals surface area contributed by atoms with Crippen LogP contribution in [0.3, 0.4) is 0 Å². The molecule has 0 aliphatic carbocycles. The Kier molecular flexibility index (Phi) is 6.16. The fraction of sp³-hybridized carbons (Fsp3) is 0.429. The SMILES string of the molecule is COCCC(C(=O)OC)(C(=O)OC)c1cccc(Br)c1. The predicted molar refractivity (Wildman–Crippen MR) is 76.3 cm³/mol. The molecule has 0 aromatic heterocycles. The van der Waals surface area contributed by atoms with Crippen molar-refractivity contribution in [3.8, 4) is 0 Å². The zero-order valence-electron chi connectivity index (χ0n) is 11.6. The number of hydrogen-bond donors (Lipinski definition) is 0. The number of ether oxygens (including phenoxy) is 3. The summed E-state index contributed by atoms with van der Waals surface area (Å²) in [7, 11) is 3.98. The van der Waals surface area contributed by atoms with Crippen molar-refractivity contribution >= 4 is 27.9 Å². The Morgan fingerprint density at radius 1 is 1.15 bits per heavy atom. The van der Waals surface area contributed by atoms with Gasteiger partial charge in [-0.1, -0.05) is 28.1 Å². The summed E-state index contributed by atoms with van der Waals surface area (Å²) in [5.74, 6) is -1.33.